The summed E-state index contributed by atoms with van der Waals surface area (Å²) in [6.07, 6.45) is 3.80. The number of nitriles is 1. The summed E-state index contributed by atoms with van der Waals surface area (Å²) >= 11 is 0. The van der Waals surface area contributed by atoms with Crippen molar-refractivity contribution in [3.8, 4) is 6.07 Å². The van der Waals surface area contributed by atoms with Crippen LogP contribution < -0.4 is 4.90 Å². The number of hydrogen-bond donors (Lipinski definition) is 0. The van der Waals surface area contributed by atoms with E-state index < -0.39 is 0 Å². The Bertz CT molecular complexity index is 418. The van der Waals surface area contributed by atoms with E-state index >= 15 is 0 Å². The Hall–Kier alpha value is -1.56. The van der Waals surface area contributed by atoms with E-state index in [1.54, 1.807) is 12.1 Å². The van der Waals surface area contributed by atoms with Gasteiger partial charge in [0, 0.05) is 13.6 Å². The van der Waals surface area contributed by atoms with E-state index in [1.165, 1.54) is 25.3 Å². The van der Waals surface area contributed by atoms with Crippen LogP contribution in [0.2, 0.25) is 0 Å². The summed E-state index contributed by atoms with van der Waals surface area (Å²) in [5.41, 5.74) is 0.962. The van der Waals surface area contributed by atoms with Gasteiger partial charge in [0.1, 0.15) is 5.82 Å². The summed E-state index contributed by atoms with van der Waals surface area (Å²) in [6, 6.07) is 6.59. The number of nitrogens with zero attached hydrogens (tertiary/aromatic N) is 2. The van der Waals surface area contributed by atoms with Crippen LogP contribution in [0.3, 0.4) is 0 Å². The van der Waals surface area contributed by atoms with Crippen LogP contribution in [0.25, 0.3) is 0 Å². The van der Waals surface area contributed by atoms with Crippen molar-refractivity contribution >= 4 is 5.69 Å². The van der Waals surface area contributed by atoms with E-state index in [-0.39, 0.29) is 5.82 Å². The van der Waals surface area contributed by atoms with E-state index in [4.69, 9.17) is 5.26 Å². The molecule has 1 aromatic rings. The lowest BCUT2D eigenvalue weighted by molar-refractivity contribution is 0.321. The second kappa shape index (κ2) is 4.52. The third-order valence-electron chi connectivity index (χ3n) is 3.24. The number of hydrogen-bond acceptors (Lipinski definition) is 2. The lowest BCUT2D eigenvalue weighted by Crippen LogP contribution is -2.29. The zero-order chi connectivity index (χ0) is 11.5. The largest absolute Gasteiger partial charge is 0.372 e. The second-order valence-electron chi connectivity index (χ2n) is 4.46. The molecule has 0 aromatic heterocycles. The fourth-order valence-electron chi connectivity index (χ4n) is 2.05. The van der Waals surface area contributed by atoms with Crippen LogP contribution in [0.4, 0.5) is 10.1 Å². The van der Waals surface area contributed by atoms with E-state index in [1.807, 2.05) is 18.0 Å². The summed E-state index contributed by atoms with van der Waals surface area (Å²) in [6.45, 7) is 0.906. The van der Waals surface area contributed by atoms with Crippen molar-refractivity contribution < 1.29 is 4.39 Å². The monoisotopic (exact) mass is 218 g/mol. The Balaban J connectivity index is 2.10. The van der Waals surface area contributed by atoms with Crippen LogP contribution in [-0.2, 0) is 0 Å². The Labute approximate surface area is 95.3 Å². The summed E-state index contributed by atoms with van der Waals surface area (Å²) in [5.74, 6) is 0.404. The van der Waals surface area contributed by atoms with Gasteiger partial charge in [0.2, 0.25) is 0 Å². The van der Waals surface area contributed by atoms with Crippen LogP contribution in [0.1, 0.15) is 24.8 Å². The zero-order valence-corrected chi connectivity index (χ0v) is 9.41. The van der Waals surface area contributed by atoms with Gasteiger partial charge in [0.05, 0.1) is 17.3 Å². The average molecular weight is 218 g/mol. The molecule has 1 aliphatic carbocycles. The molecule has 0 aliphatic heterocycles. The molecule has 0 bridgehead atoms. The molecule has 0 radical (unpaired) electrons. The molecule has 2 nitrogen and oxygen atoms in total. The van der Waals surface area contributed by atoms with E-state index in [0.29, 0.717) is 17.2 Å². The Kier molecular flexibility index (Phi) is 3.09. The zero-order valence-electron chi connectivity index (χ0n) is 9.41. The van der Waals surface area contributed by atoms with Crippen LogP contribution >= 0.6 is 0 Å². The molecule has 0 spiro atoms. The fraction of sp³-hybridized carbons (Fsp3) is 0.462. The van der Waals surface area contributed by atoms with Crippen molar-refractivity contribution in [2.75, 3.05) is 18.5 Å². The Morgan fingerprint density at radius 3 is 2.75 bits per heavy atom. The quantitative estimate of drug-likeness (QED) is 0.780. The predicted molar refractivity (Wildman–Crippen MR) is 61.7 cm³/mol. The highest BCUT2D eigenvalue weighted by molar-refractivity contribution is 5.50. The highest BCUT2D eigenvalue weighted by atomic mass is 19.1. The summed E-state index contributed by atoms with van der Waals surface area (Å²) in [7, 11) is 1.91. The SMILES string of the molecule is CN(CC1CCC1)c1ccc(C#N)cc1F. The highest BCUT2D eigenvalue weighted by Crippen LogP contribution is 2.29. The first kappa shape index (κ1) is 10.9. The average Bonchev–Trinajstić information content (AvgIpc) is 2.23. The highest BCUT2D eigenvalue weighted by Gasteiger charge is 2.20. The van der Waals surface area contributed by atoms with Crippen LogP contribution in [0.15, 0.2) is 18.2 Å². The van der Waals surface area contributed by atoms with Gasteiger partial charge in [-0.25, -0.2) is 4.39 Å². The third-order valence-corrected chi connectivity index (χ3v) is 3.24. The number of benzene rings is 1. The number of anilines is 1. The minimum atomic E-state index is -0.305. The summed E-state index contributed by atoms with van der Waals surface area (Å²) in [5, 5.41) is 8.65. The van der Waals surface area contributed by atoms with Crippen LogP contribution in [-0.4, -0.2) is 13.6 Å². The van der Waals surface area contributed by atoms with Gasteiger partial charge in [-0.15, -0.1) is 0 Å². The minimum Gasteiger partial charge on any atom is -0.372 e. The molecular weight excluding hydrogens is 203 g/mol. The van der Waals surface area contributed by atoms with Gasteiger partial charge < -0.3 is 4.90 Å². The molecule has 1 aliphatic rings. The third kappa shape index (κ3) is 2.16. The van der Waals surface area contributed by atoms with Crippen molar-refractivity contribution in [2.24, 2.45) is 5.92 Å². The molecular formula is C13H15FN2. The van der Waals surface area contributed by atoms with Crippen molar-refractivity contribution in [3.05, 3.63) is 29.6 Å². The number of rotatable bonds is 3. The molecule has 2 rings (SSSR count). The molecule has 0 atom stereocenters. The molecule has 1 aromatic carbocycles. The Morgan fingerprint density at radius 1 is 1.50 bits per heavy atom. The molecule has 0 saturated heterocycles. The normalized spacial score (nSPS) is 15.3. The minimum absolute atomic E-state index is 0.305. The standard InChI is InChI=1S/C13H15FN2/c1-16(9-10-3-2-4-10)13-6-5-11(8-15)7-12(13)14/h5-7,10H,2-4,9H2,1H3. The molecule has 16 heavy (non-hydrogen) atoms. The molecule has 1 fully saturated rings. The van der Waals surface area contributed by atoms with Gasteiger partial charge in [-0.2, -0.15) is 5.26 Å². The van der Waals surface area contributed by atoms with Crippen molar-refractivity contribution in [3.63, 3.8) is 0 Å². The van der Waals surface area contributed by atoms with Gasteiger partial charge in [0.25, 0.3) is 0 Å². The summed E-state index contributed by atoms with van der Waals surface area (Å²) < 4.78 is 13.7. The molecule has 0 unspecified atom stereocenters. The van der Waals surface area contributed by atoms with Crippen molar-refractivity contribution in [1.29, 1.82) is 5.26 Å². The molecule has 1 saturated carbocycles. The first-order valence-corrected chi connectivity index (χ1v) is 5.61. The topological polar surface area (TPSA) is 27.0 Å². The van der Waals surface area contributed by atoms with Gasteiger partial charge in [-0.1, -0.05) is 6.42 Å². The lowest BCUT2D eigenvalue weighted by atomic mass is 9.85. The second-order valence-corrected chi connectivity index (χ2v) is 4.46. The molecule has 0 heterocycles. The predicted octanol–water partition coefficient (Wildman–Crippen LogP) is 2.93. The first-order valence-electron chi connectivity index (χ1n) is 5.61. The van der Waals surface area contributed by atoms with Gasteiger partial charge in [0.15, 0.2) is 0 Å². The molecule has 0 N–H and O–H groups in total. The fourth-order valence-corrected chi connectivity index (χ4v) is 2.05. The Morgan fingerprint density at radius 2 is 2.25 bits per heavy atom. The maximum absolute atomic E-state index is 13.7. The maximum Gasteiger partial charge on any atom is 0.147 e. The van der Waals surface area contributed by atoms with Crippen LogP contribution in [0, 0.1) is 23.1 Å². The van der Waals surface area contributed by atoms with Crippen LogP contribution in [0.5, 0.6) is 0 Å². The van der Waals surface area contributed by atoms with E-state index in [0.717, 1.165) is 6.54 Å². The molecule has 3 heteroatoms. The van der Waals surface area contributed by atoms with Crippen molar-refractivity contribution in [1.82, 2.24) is 0 Å². The van der Waals surface area contributed by atoms with E-state index in [2.05, 4.69) is 0 Å². The molecule has 0 amide bonds. The van der Waals surface area contributed by atoms with Crippen molar-refractivity contribution in [2.45, 2.75) is 19.3 Å². The maximum atomic E-state index is 13.7. The smallest absolute Gasteiger partial charge is 0.147 e. The first-order chi connectivity index (χ1) is 7.70. The van der Waals surface area contributed by atoms with Gasteiger partial charge >= 0.3 is 0 Å². The number of halogens is 1. The van der Waals surface area contributed by atoms with E-state index in [9.17, 15) is 4.39 Å². The van der Waals surface area contributed by atoms with Gasteiger partial charge in [-0.05, 0) is 37.0 Å². The van der Waals surface area contributed by atoms with Gasteiger partial charge in [-0.3, -0.25) is 0 Å². The molecule has 84 valence electrons. The lowest BCUT2D eigenvalue weighted by Gasteiger charge is -2.31. The summed E-state index contributed by atoms with van der Waals surface area (Å²) in [4.78, 5) is 1.94.